The van der Waals surface area contributed by atoms with E-state index >= 15 is 0 Å². The highest BCUT2D eigenvalue weighted by atomic mass is 15.1. The van der Waals surface area contributed by atoms with Crippen LogP contribution < -0.4 is 26.2 Å². The van der Waals surface area contributed by atoms with Crippen molar-refractivity contribution >= 4 is 45.9 Å². The van der Waals surface area contributed by atoms with Gasteiger partial charge >= 0.3 is 0 Å². The lowest BCUT2D eigenvalue weighted by atomic mass is 9.33. The van der Waals surface area contributed by atoms with Gasteiger partial charge in [0.15, 0.2) is 0 Å². The highest BCUT2D eigenvalue weighted by molar-refractivity contribution is 7.00. The molecule has 0 amide bonds. The lowest BCUT2D eigenvalue weighted by molar-refractivity contribution is 0.590. The monoisotopic (exact) mass is 366 g/mol. The quantitative estimate of drug-likeness (QED) is 0.556. The van der Waals surface area contributed by atoms with Crippen molar-refractivity contribution in [1.82, 2.24) is 0 Å². The second-order valence-electron chi connectivity index (χ2n) is 9.30. The molecule has 5 rings (SSSR count). The molecule has 0 saturated heterocycles. The Bertz CT molecular complexity index is 1110. The molecule has 0 aliphatic carbocycles. The van der Waals surface area contributed by atoms with Crippen molar-refractivity contribution in [3.05, 3.63) is 65.7 Å². The van der Waals surface area contributed by atoms with Crippen molar-refractivity contribution in [2.45, 2.75) is 33.1 Å². The Hall–Kier alpha value is -2.68. The van der Waals surface area contributed by atoms with E-state index in [1.165, 1.54) is 50.3 Å². The zero-order valence-electron chi connectivity index (χ0n) is 17.7. The van der Waals surface area contributed by atoms with Gasteiger partial charge in [0.2, 0.25) is 0 Å². The fourth-order valence-corrected chi connectivity index (χ4v) is 5.05. The van der Waals surface area contributed by atoms with Crippen molar-refractivity contribution in [1.29, 1.82) is 0 Å². The first kappa shape index (κ1) is 17.4. The zero-order valence-corrected chi connectivity index (χ0v) is 17.7. The van der Waals surface area contributed by atoms with E-state index in [9.17, 15) is 0 Å². The SMILES string of the molecule is Cc1cccc2c1N(C)c1cc(C(C)(C)C)cc3c1B2c1ccccc1N3C. The third-order valence-electron chi connectivity index (χ3n) is 6.54. The van der Waals surface area contributed by atoms with Gasteiger partial charge in [0, 0.05) is 36.8 Å². The molecule has 0 saturated carbocycles. The third kappa shape index (κ3) is 2.22. The number of hydrogen-bond donors (Lipinski definition) is 0. The molecule has 28 heavy (non-hydrogen) atoms. The summed E-state index contributed by atoms with van der Waals surface area (Å²) in [6.45, 7) is 9.43. The van der Waals surface area contributed by atoms with Crippen LogP contribution in [0.2, 0.25) is 0 Å². The molecule has 0 radical (unpaired) electrons. The van der Waals surface area contributed by atoms with E-state index < -0.39 is 0 Å². The molecule has 2 aliphatic rings. The Morgan fingerprint density at radius 3 is 2.11 bits per heavy atom. The maximum absolute atomic E-state index is 2.42. The van der Waals surface area contributed by atoms with Crippen LogP contribution in [-0.2, 0) is 5.41 Å². The Labute approximate surface area is 168 Å². The number of hydrogen-bond acceptors (Lipinski definition) is 2. The number of anilines is 4. The highest BCUT2D eigenvalue weighted by Crippen LogP contribution is 2.39. The Morgan fingerprint density at radius 1 is 0.750 bits per heavy atom. The largest absolute Gasteiger partial charge is 0.345 e. The summed E-state index contributed by atoms with van der Waals surface area (Å²) >= 11 is 0. The van der Waals surface area contributed by atoms with Gasteiger partial charge in [-0.2, -0.15) is 0 Å². The van der Waals surface area contributed by atoms with Gasteiger partial charge < -0.3 is 9.80 Å². The minimum atomic E-state index is 0.103. The van der Waals surface area contributed by atoms with Crippen LogP contribution in [0.15, 0.2) is 54.6 Å². The number of benzene rings is 3. The zero-order chi connectivity index (χ0) is 19.8. The molecule has 140 valence electrons. The van der Waals surface area contributed by atoms with Crippen LogP contribution in [0, 0.1) is 6.92 Å². The van der Waals surface area contributed by atoms with E-state index in [0.717, 1.165) is 0 Å². The molecule has 3 aromatic carbocycles. The molecule has 2 nitrogen and oxygen atoms in total. The summed E-state index contributed by atoms with van der Waals surface area (Å²) in [5.41, 5.74) is 12.4. The molecule has 0 fully saturated rings. The van der Waals surface area contributed by atoms with E-state index in [1.54, 1.807) is 0 Å². The Balaban J connectivity index is 1.91. The van der Waals surface area contributed by atoms with Gasteiger partial charge in [-0.15, -0.1) is 0 Å². The number of rotatable bonds is 0. The molecular weight excluding hydrogens is 339 g/mol. The van der Waals surface area contributed by atoms with Gasteiger partial charge in [0.25, 0.3) is 6.71 Å². The van der Waals surface area contributed by atoms with Crippen LogP contribution in [0.5, 0.6) is 0 Å². The average molecular weight is 366 g/mol. The van der Waals surface area contributed by atoms with Gasteiger partial charge in [0.1, 0.15) is 0 Å². The summed E-state index contributed by atoms with van der Waals surface area (Å²) < 4.78 is 0. The van der Waals surface area contributed by atoms with E-state index in [0.29, 0.717) is 0 Å². The van der Waals surface area contributed by atoms with Crippen molar-refractivity contribution in [2.75, 3.05) is 23.9 Å². The van der Waals surface area contributed by atoms with Gasteiger partial charge in [-0.05, 0) is 58.1 Å². The van der Waals surface area contributed by atoms with Gasteiger partial charge in [-0.25, -0.2) is 0 Å². The van der Waals surface area contributed by atoms with Crippen molar-refractivity contribution < 1.29 is 0 Å². The average Bonchev–Trinajstić information content (AvgIpc) is 2.66. The molecule has 2 heterocycles. The van der Waals surface area contributed by atoms with Crippen LogP contribution in [-0.4, -0.2) is 20.8 Å². The summed E-state index contributed by atoms with van der Waals surface area (Å²) in [7, 11) is 4.44. The number of fused-ring (bicyclic) bond motifs is 4. The van der Waals surface area contributed by atoms with Gasteiger partial charge in [-0.3, -0.25) is 0 Å². The smallest absolute Gasteiger partial charge is 0.252 e. The normalized spacial score (nSPS) is 14.6. The molecule has 2 aliphatic heterocycles. The number of para-hydroxylation sites is 2. The molecule has 3 heteroatoms. The second-order valence-corrected chi connectivity index (χ2v) is 9.30. The molecule has 0 N–H and O–H groups in total. The highest BCUT2D eigenvalue weighted by Gasteiger charge is 2.41. The molecular formula is C25H27BN2. The Kier molecular flexibility index (Phi) is 3.53. The maximum atomic E-state index is 2.42. The Morgan fingerprint density at radius 2 is 1.39 bits per heavy atom. The lowest BCUT2D eigenvalue weighted by Gasteiger charge is -2.43. The lowest BCUT2D eigenvalue weighted by Crippen LogP contribution is -2.61. The summed E-state index contributed by atoms with van der Waals surface area (Å²) in [5.74, 6) is 0. The summed E-state index contributed by atoms with van der Waals surface area (Å²) in [4.78, 5) is 4.80. The van der Waals surface area contributed by atoms with Crippen LogP contribution >= 0.6 is 0 Å². The summed E-state index contributed by atoms with van der Waals surface area (Å²) in [6.07, 6.45) is 0. The fraction of sp³-hybridized carbons (Fsp3) is 0.280. The first-order chi connectivity index (χ1) is 13.3. The summed E-state index contributed by atoms with van der Waals surface area (Å²) in [6, 6.07) is 20.5. The molecule has 0 spiro atoms. The molecule has 0 bridgehead atoms. The minimum absolute atomic E-state index is 0.103. The van der Waals surface area contributed by atoms with Gasteiger partial charge in [-0.1, -0.05) is 57.2 Å². The van der Waals surface area contributed by atoms with Crippen LogP contribution in [0.3, 0.4) is 0 Å². The second kappa shape index (κ2) is 5.67. The van der Waals surface area contributed by atoms with E-state index in [-0.39, 0.29) is 12.1 Å². The number of nitrogens with zero attached hydrogens (tertiary/aromatic N) is 2. The van der Waals surface area contributed by atoms with Crippen LogP contribution in [0.4, 0.5) is 22.7 Å². The maximum Gasteiger partial charge on any atom is 0.252 e. The van der Waals surface area contributed by atoms with Crippen molar-refractivity contribution in [2.24, 2.45) is 0 Å². The van der Waals surface area contributed by atoms with Crippen LogP contribution in [0.25, 0.3) is 0 Å². The van der Waals surface area contributed by atoms with Gasteiger partial charge in [0.05, 0.1) is 0 Å². The minimum Gasteiger partial charge on any atom is -0.345 e. The van der Waals surface area contributed by atoms with Crippen LogP contribution in [0.1, 0.15) is 31.9 Å². The van der Waals surface area contributed by atoms with E-state index in [1.807, 2.05) is 0 Å². The van der Waals surface area contributed by atoms with E-state index in [4.69, 9.17) is 0 Å². The molecule has 0 aromatic heterocycles. The number of aryl methyl sites for hydroxylation is 1. The van der Waals surface area contributed by atoms with E-state index in [2.05, 4.69) is 106 Å². The summed E-state index contributed by atoms with van der Waals surface area (Å²) in [5, 5.41) is 0. The van der Waals surface area contributed by atoms with Crippen molar-refractivity contribution in [3.63, 3.8) is 0 Å². The fourth-order valence-electron chi connectivity index (χ4n) is 5.05. The molecule has 0 atom stereocenters. The predicted octanol–water partition coefficient (Wildman–Crippen LogP) is 3.97. The first-order valence-electron chi connectivity index (χ1n) is 10.1. The topological polar surface area (TPSA) is 6.48 Å². The first-order valence-corrected chi connectivity index (χ1v) is 10.1. The molecule has 3 aromatic rings. The predicted molar refractivity (Wildman–Crippen MR) is 124 cm³/mol. The van der Waals surface area contributed by atoms with Crippen molar-refractivity contribution in [3.8, 4) is 0 Å². The molecule has 0 unspecified atom stereocenters. The third-order valence-corrected chi connectivity index (χ3v) is 6.54. The standard InChI is InChI=1S/C25H27BN2/c1-16-10-9-12-19-24(16)28(6)22-15-17(25(2,3)4)14-21-23(22)26(19)18-11-7-8-13-20(18)27(21)5/h7-15H,1-6H3.